The van der Waals surface area contributed by atoms with E-state index in [4.69, 9.17) is 4.74 Å². The van der Waals surface area contributed by atoms with Crippen molar-refractivity contribution < 1.29 is 22.9 Å². The van der Waals surface area contributed by atoms with Crippen LogP contribution in [0.5, 0.6) is 0 Å². The Hall–Kier alpha value is -2.54. The molecule has 5 nitrogen and oxygen atoms in total. The van der Waals surface area contributed by atoms with Crippen molar-refractivity contribution in [2.45, 2.75) is 17.4 Å². The van der Waals surface area contributed by atoms with Gasteiger partial charge in [-0.2, -0.15) is 0 Å². The maximum absolute atomic E-state index is 12.9. The first-order valence-electron chi connectivity index (χ1n) is 7.59. The lowest BCUT2D eigenvalue weighted by atomic mass is 10.1. The number of amides is 1. The van der Waals surface area contributed by atoms with Gasteiger partial charge >= 0.3 is 5.97 Å². The minimum Gasteiger partial charge on any atom is -0.467 e. The number of ether oxygens (including phenoxy) is 1. The van der Waals surface area contributed by atoms with Gasteiger partial charge in [0.05, 0.1) is 17.9 Å². The molecule has 1 N–H and O–H groups in total. The van der Waals surface area contributed by atoms with Crippen LogP contribution in [0.1, 0.15) is 16.8 Å². The first-order chi connectivity index (χ1) is 12.0. The summed E-state index contributed by atoms with van der Waals surface area (Å²) in [5.74, 6) is -1.42. The molecule has 1 amide bonds. The molecule has 2 aromatic carbocycles. The monoisotopic (exact) mass is 363 g/mol. The molecule has 0 heterocycles. The van der Waals surface area contributed by atoms with E-state index in [-0.39, 0.29) is 17.7 Å². The third-order valence-corrected chi connectivity index (χ3v) is 4.90. The van der Waals surface area contributed by atoms with Gasteiger partial charge in [-0.05, 0) is 42.8 Å². The SMILES string of the molecule is COC(=O)[C@H](CC[S@](=O)c1ccccc1)NC(=O)c1ccc(F)cc1. The molecule has 0 saturated heterocycles. The number of hydrogen-bond donors (Lipinski definition) is 1. The molecule has 0 bridgehead atoms. The van der Waals surface area contributed by atoms with E-state index in [9.17, 15) is 18.2 Å². The number of rotatable bonds is 7. The van der Waals surface area contributed by atoms with Crippen LogP contribution in [0.3, 0.4) is 0 Å². The zero-order valence-electron chi connectivity index (χ0n) is 13.6. The normalized spacial score (nSPS) is 12.9. The highest BCUT2D eigenvalue weighted by Crippen LogP contribution is 2.09. The Labute approximate surface area is 147 Å². The Morgan fingerprint density at radius 3 is 2.36 bits per heavy atom. The molecule has 0 spiro atoms. The van der Waals surface area contributed by atoms with Crippen LogP contribution in [-0.2, 0) is 20.3 Å². The Morgan fingerprint density at radius 2 is 1.76 bits per heavy atom. The number of benzene rings is 2. The summed E-state index contributed by atoms with van der Waals surface area (Å²) in [5, 5.41) is 2.54. The largest absolute Gasteiger partial charge is 0.467 e. The van der Waals surface area contributed by atoms with Gasteiger partial charge in [0.25, 0.3) is 5.91 Å². The molecular weight excluding hydrogens is 345 g/mol. The van der Waals surface area contributed by atoms with E-state index in [1.807, 2.05) is 6.07 Å². The number of esters is 1. The van der Waals surface area contributed by atoms with Crippen LogP contribution in [0.25, 0.3) is 0 Å². The minimum atomic E-state index is -1.29. The van der Waals surface area contributed by atoms with E-state index < -0.39 is 34.5 Å². The van der Waals surface area contributed by atoms with Crippen molar-refractivity contribution in [3.8, 4) is 0 Å². The topological polar surface area (TPSA) is 72.5 Å². The summed E-state index contributed by atoms with van der Waals surface area (Å²) in [6.07, 6.45) is 0.154. The van der Waals surface area contributed by atoms with Gasteiger partial charge < -0.3 is 10.1 Å². The Bertz CT molecular complexity index is 749. The summed E-state index contributed by atoms with van der Waals surface area (Å²) in [6, 6.07) is 12.9. The zero-order valence-corrected chi connectivity index (χ0v) is 14.4. The second kappa shape index (κ2) is 9.08. The summed E-state index contributed by atoms with van der Waals surface area (Å²) in [6.45, 7) is 0. The number of carbonyl (C=O) groups excluding carboxylic acids is 2. The molecule has 0 aliphatic rings. The fourth-order valence-electron chi connectivity index (χ4n) is 2.15. The molecule has 2 aromatic rings. The fraction of sp³-hybridized carbons (Fsp3) is 0.222. The molecule has 7 heteroatoms. The molecule has 0 unspecified atom stereocenters. The Morgan fingerprint density at radius 1 is 1.12 bits per heavy atom. The van der Waals surface area contributed by atoms with Crippen LogP contribution in [0.4, 0.5) is 4.39 Å². The van der Waals surface area contributed by atoms with Crippen molar-refractivity contribution in [2.75, 3.05) is 12.9 Å². The van der Waals surface area contributed by atoms with Crippen LogP contribution >= 0.6 is 0 Å². The lowest BCUT2D eigenvalue weighted by molar-refractivity contribution is -0.142. The molecule has 0 aliphatic carbocycles. The third-order valence-electron chi connectivity index (χ3n) is 3.50. The van der Waals surface area contributed by atoms with Gasteiger partial charge in [-0.3, -0.25) is 9.00 Å². The third kappa shape index (κ3) is 5.49. The second-order valence-electron chi connectivity index (χ2n) is 5.21. The molecule has 25 heavy (non-hydrogen) atoms. The summed E-state index contributed by atoms with van der Waals surface area (Å²) >= 11 is 0. The van der Waals surface area contributed by atoms with E-state index in [0.717, 1.165) is 12.1 Å². The first-order valence-corrected chi connectivity index (χ1v) is 8.91. The lowest BCUT2D eigenvalue weighted by Crippen LogP contribution is -2.42. The Kier molecular flexibility index (Phi) is 6.82. The zero-order chi connectivity index (χ0) is 18.2. The van der Waals surface area contributed by atoms with Crippen LogP contribution < -0.4 is 5.32 Å². The number of methoxy groups -OCH3 is 1. The van der Waals surface area contributed by atoms with E-state index >= 15 is 0 Å². The maximum Gasteiger partial charge on any atom is 0.328 e. The molecule has 2 rings (SSSR count). The van der Waals surface area contributed by atoms with E-state index in [1.54, 1.807) is 24.3 Å². The quantitative estimate of drug-likeness (QED) is 0.766. The van der Waals surface area contributed by atoms with E-state index in [0.29, 0.717) is 4.90 Å². The van der Waals surface area contributed by atoms with Gasteiger partial charge in [0.15, 0.2) is 0 Å². The Balaban J connectivity index is 2.01. The van der Waals surface area contributed by atoms with Crippen molar-refractivity contribution in [1.29, 1.82) is 0 Å². The predicted octanol–water partition coefficient (Wildman–Crippen LogP) is 2.30. The smallest absolute Gasteiger partial charge is 0.328 e. The van der Waals surface area contributed by atoms with Gasteiger partial charge in [-0.1, -0.05) is 18.2 Å². The van der Waals surface area contributed by atoms with Crippen LogP contribution in [-0.4, -0.2) is 35.0 Å². The number of carbonyl (C=O) groups is 2. The highest BCUT2D eigenvalue weighted by molar-refractivity contribution is 7.85. The summed E-state index contributed by atoms with van der Waals surface area (Å²) in [5.41, 5.74) is 0.222. The molecule has 0 saturated carbocycles. The number of nitrogens with one attached hydrogen (secondary N) is 1. The molecule has 2 atom stereocenters. The fourth-order valence-corrected chi connectivity index (χ4v) is 3.30. The van der Waals surface area contributed by atoms with Crippen molar-refractivity contribution in [2.24, 2.45) is 0 Å². The number of hydrogen-bond acceptors (Lipinski definition) is 4. The highest BCUT2D eigenvalue weighted by Gasteiger charge is 2.23. The molecular formula is C18H18FNO4S. The van der Waals surface area contributed by atoms with Gasteiger partial charge in [0.1, 0.15) is 11.9 Å². The summed E-state index contributed by atoms with van der Waals surface area (Å²) < 4.78 is 29.9. The average molecular weight is 363 g/mol. The van der Waals surface area contributed by atoms with E-state index in [2.05, 4.69) is 5.32 Å². The molecule has 0 aliphatic heterocycles. The minimum absolute atomic E-state index is 0.154. The van der Waals surface area contributed by atoms with Crippen LogP contribution in [0, 0.1) is 5.82 Å². The first kappa shape index (κ1) is 18.8. The van der Waals surface area contributed by atoms with Crippen LogP contribution in [0.2, 0.25) is 0 Å². The highest BCUT2D eigenvalue weighted by atomic mass is 32.2. The van der Waals surface area contributed by atoms with Gasteiger partial charge in [0, 0.05) is 16.2 Å². The maximum atomic E-state index is 12.9. The molecule has 0 radical (unpaired) electrons. The lowest BCUT2D eigenvalue weighted by Gasteiger charge is -2.16. The van der Waals surface area contributed by atoms with Gasteiger partial charge in [0.2, 0.25) is 0 Å². The predicted molar refractivity (Wildman–Crippen MR) is 92.0 cm³/mol. The van der Waals surface area contributed by atoms with Crippen molar-refractivity contribution in [1.82, 2.24) is 5.32 Å². The summed E-state index contributed by atoms with van der Waals surface area (Å²) in [7, 11) is -0.0778. The van der Waals surface area contributed by atoms with Gasteiger partial charge in [-0.25, -0.2) is 9.18 Å². The number of halogens is 1. The molecule has 0 aromatic heterocycles. The van der Waals surface area contributed by atoms with Crippen molar-refractivity contribution in [3.05, 3.63) is 66.0 Å². The van der Waals surface area contributed by atoms with E-state index in [1.165, 1.54) is 19.2 Å². The summed E-state index contributed by atoms with van der Waals surface area (Å²) in [4.78, 5) is 24.7. The average Bonchev–Trinajstić information content (AvgIpc) is 2.65. The molecule has 132 valence electrons. The van der Waals surface area contributed by atoms with Crippen molar-refractivity contribution in [3.63, 3.8) is 0 Å². The van der Waals surface area contributed by atoms with Crippen molar-refractivity contribution >= 4 is 22.7 Å². The standard InChI is InChI=1S/C18H18FNO4S/c1-24-18(22)16(11-12-25(23)15-5-3-2-4-6-15)20-17(21)13-7-9-14(19)10-8-13/h2-10,16H,11-12H2,1H3,(H,20,21)/t16-,25-/m0/s1. The van der Waals surface area contributed by atoms with Crippen LogP contribution in [0.15, 0.2) is 59.5 Å². The van der Waals surface area contributed by atoms with Gasteiger partial charge in [-0.15, -0.1) is 0 Å². The molecule has 0 fully saturated rings. The second-order valence-corrected chi connectivity index (χ2v) is 6.78.